The lowest BCUT2D eigenvalue weighted by atomic mass is 9.95. The summed E-state index contributed by atoms with van der Waals surface area (Å²) in [6.07, 6.45) is -0.675. The highest BCUT2D eigenvalue weighted by Crippen LogP contribution is 2.16. The molecule has 0 heterocycles. The fourth-order valence-electron chi connectivity index (χ4n) is 3.83. The molecular formula is C26H47N7O9. The molecule has 0 rings (SSSR count). The number of hydrogen-bond donors (Lipinski definition) is 8. The zero-order valence-electron chi connectivity index (χ0n) is 25.1. The minimum Gasteiger partial charge on any atom is -0.481 e. The molecule has 42 heavy (non-hydrogen) atoms. The minimum absolute atomic E-state index is 0.0933. The van der Waals surface area contributed by atoms with Crippen LogP contribution in [0, 0.1) is 17.8 Å². The van der Waals surface area contributed by atoms with Crippen molar-refractivity contribution in [3.63, 3.8) is 0 Å². The van der Waals surface area contributed by atoms with E-state index in [2.05, 4.69) is 16.0 Å². The van der Waals surface area contributed by atoms with Crippen LogP contribution in [0.4, 0.5) is 0 Å². The topological polar surface area (TPSA) is 277 Å². The average Bonchev–Trinajstić information content (AvgIpc) is 2.91. The Balaban J connectivity index is 6.17. The third kappa shape index (κ3) is 12.0. The maximum atomic E-state index is 13.4. The average molecular weight is 602 g/mol. The number of carbonyl (C=O) groups is 7. The molecule has 0 saturated carbocycles. The molecule has 7 atom stereocenters. The van der Waals surface area contributed by atoms with Gasteiger partial charge in [0.2, 0.25) is 29.5 Å². The number of carboxylic acid groups (broad SMARTS) is 1. The molecule has 0 radical (unpaired) electrons. The molecule has 0 bridgehead atoms. The van der Waals surface area contributed by atoms with Gasteiger partial charge >= 0.3 is 5.97 Å². The predicted molar refractivity (Wildman–Crippen MR) is 150 cm³/mol. The molecule has 0 aliphatic heterocycles. The number of primary amides is 2. The van der Waals surface area contributed by atoms with Crippen molar-refractivity contribution in [1.82, 2.24) is 21.0 Å². The van der Waals surface area contributed by atoms with E-state index in [1.807, 2.05) is 6.92 Å². The van der Waals surface area contributed by atoms with Gasteiger partial charge in [-0.15, -0.1) is 0 Å². The summed E-state index contributed by atoms with van der Waals surface area (Å²) in [6.45, 7) is 10.1. The Morgan fingerprint density at radius 3 is 1.74 bits per heavy atom. The summed E-state index contributed by atoms with van der Waals surface area (Å²) in [6, 6.07) is -6.89. The van der Waals surface area contributed by atoms with Gasteiger partial charge in [0.05, 0.1) is 12.5 Å². The minimum atomic E-state index is -1.73. The maximum Gasteiger partial charge on any atom is 0.305 e. The zero-order valence-corrected chi connectivity index (χ0v) is 25.1. The molecular weight excluding hydrogens is 554 g/mol. The normalized spacial score (nSPS) is 16.1. The van der Waals surface area contributed by atoms with E-state index in [-0.39, 0.29) is 11.0 Å². The standard InChI is InChI=1S/C26H47N7O9/c1-7-13(5)19(28)24(39)32-21(14(6)8-2)26(41)33(42)16(9-10-17(27)34)23(38)31-20(12(3)4)25(40)30-15(22(29)37)11-18(35)36/h12-16,19-21,42H,7-11,28H2,1-6H3,(H2,27,34)(H2,29,37)(H,30,40)(H,31,38)(H,32,39)(H,35,36)/t13-,14-,15-,16-,19-,20-,21-/m0/s1. The van der Waals surface area contributed by atoms with E-state index in [1.165, 1.54) is 13.8 Å². The van der Waals surface area contributed by atoms with Crippen molar-refractivity contribution in [2.24, 2.45) is 35.0 Å². The van der Waals surface area contributed by atoms with Crippen molar-refractivity contribution in [3.05, 3.63) is 0 Å². The Labute approximate surface area is 245 Å². The molecule has 0 aromatic carbocycles. The molecule has 0 unspecified atom stereocenters. The molecule has 0 aromatic heterocycles. The van der Waals surface area contributed by atoms with Crippen molar-refractivity contribution < 1.29 is 43.9 Å². The van der Waals surface area contributed by atoms with Crippen molar-refractivity contribution >= 4 is 41.4 Å². The van der Waals surface area contributed by atoms with Gasteiger partial charge in [-0.1, -0.05) is 54.4 Å². The van der Waals surface area contributed by atoms with Crippen LogP contribution in [-0.2, 0) is 33.6 Å². The highest BCUT2D eigenvalue weighted by Gasteiger charge is 2.39. The van der Waals surface area contributed by atoms with Gasteiger partial charge in [-0.3, -0.25) is 38.8 Å². The second-order valence-electron chi connectivity index (χ2n) is 10.8. The molecule has 0 fully saturated rings. The van der Waals surface area contributed by atoms with Crippen LogP contribution < -0.4 is 33.2 Å². The third-order valence-corrected chi connectivity index (χ3v) is 7.11. The largest absolute Gasteiger partial charge is 0.481 e. The molecule has 16 heteroatoms. The van der Waals surface area contributed by atoms with Crippen LogP contribution in [0.3, 0.4) is 0 Å². The fourth-order valence-corrected chi connectivity index (χ4v) is 3.83. The van der Waals surface area contributed by atoms with Crippen LogP contribution >= 0.6 is 0 Å². The highest BCUT2D eigenvalue weighted by molar-refractivity contribution is 5.96. The molecule has 16 nitrogen and oxygen atoms in total. The van der Waals surface area contributed by atoms with E-state index in [0.29, 0.717) is 12.8 Å². The van der Waals surface area contributed by atoms with Crippen LogP contribution in [0.15, 0.2) is 0 Å². The Kier molecular flexibility index (Phi) is 16.3. The second kappa shape index (κ2) is 17.9. The van der Waals surface area contributed by atoms with Gasteiger partial charge < -0.3 is 38.3 Å². The lowest BCUT2D eigenvalue weighted by Gasteiger charge is -2.33. The van der Waals surface area contributed by atoms with Crippen LogP contribution in [0.1, 0.15) is 73.6 Å². The quantitative estimate of drug-likeness (QED) is 0.0615. The number of hydrogen-bond acceptors (Lipinski definition) is 9. The lowest BCUT2D eigenvalue weighted by Crippen LogP contribution is -2.61. The van der Waals surface area contributed by atoms with Gasteiger partial charge in [-0.2, -0.15) is 0 Å². The van der Waals surface area contributed by atoms with Crippen LogP contribution in [0.2, 0.25) is 0 Å². The van der Waals surface area contributed by atoms with Gasteiger partial charge in [0.1, 0.15) is 24.2 Å². The Bertz CT molecular complexity index is 991. The zero-order chi connectivity index (χ0) is 32.9. The van der Waals surface area contributed by atoms with E-state index in [0.717, 1.165) is 0 Å². The van der Waals surface area contributed by atoms with Crippen LogP contribution in [0.5, 0.6) is 0 Å². The van der Waals surface area contributed by atoms with Crippen molar-refractivity contribution in [1.29, 1.82) is 0 Å². The molecule has 0 aliphatic carbocycles. The Morgan fingerprint density at radius 2 is 1.31 bits per heavy atom. The summed E-state index contributed by atoms with van der Waals surface area (Å²) < 4.78 is 0. The Hall–Kier alpha value is -3.79. The fraction of sp³-hybridized carbons (Fsp3) is 0.731. The summed E-state index contributed by atoms with van der Waals surface area (Å²) in [5, 5.41) is 27.1. The van der Waals surface area contributed by atoms with Gasteiger partial charge in [0.15, 0.2) is 0 Å². The summed E-state index contributed by atoms with van der Waals surface area (Å²) in [5.74, 6) is -8.38. The number of aliphatic carboxylic acids is 1. The van der Waals surface area contributed by atoms with E-state index in [4.69, 9.17) is 22.3 Å². The summed E-state index contributed by atoms with van der Waals surface area (Å²) in [7, 11) is 0. The van der Waals surface area contributed by atoms with Gasteiger partial charge in [0.25, 0.3) is 5.91 Å². The number of nitrogens with one attached hydrogen (secondary N) is 3. The molecule has 0 aromatic rings. The van der Waals surface area contributed by atoms with Crippen molar-refractivity contribution in [2.75, 3.05) is 0 Å². The number of rotatable bonds is 19. The summed E-state index contributed by atoms with van der Waals surface area (Å²) >= 11 is 0. The highest BCUT2D eigenvalue weighted by atomic mass is 16.5. The number of hydroxylamine groups is 2. The predicted octanol–water partition coefficient (Wildman–Crippen LogP) is -1.67. The maximum absolute atomic E-state index is 13.4. The monoisotopic (exact) mass is 601 g/mol. The number of amides is 6. The molecule has 6 amide bonds. The molecule has 11 N–H and O–H groups in total. The van der Waals surface area contributed by atoms with Crippen molar-refractivity contribution in [2.45, 2.75) is 104 Å². The van der Waals surface area contributed by atoms with E-state index in [9.17, 15) is 38.8 Å². The van der Waals surface area contributed by atoms with Crippen LogP contribution in [0.25, 0.3) is 0 Å². The molecule has 0 aliphatic rings. The second-order valence-corrected chi connectivity index (χ2v) is 10.8. The number of nitrogens with zero attached hydrogens (tertiary/aromatic N) is 1. The molecule has 240 valence electrons. The summed E-state index contributed by atoms with van der Waals surface area (Å²) in [4.78, 5) is 86.7. The SMILES string of the molecule is CC[C@H](C)[C@H](N)C(=O)N[C@H](C(=O)N(O)[C@@H](CCC(N)=O)C(=O)N[C@H](C(=O)N[C@@H](CC(=O)O)C(N)=O)C(C)C)[C@@H](C)CC. The lowest BCUT2D eigenvalue weighted by molar-refractivity contribution is -0.184. The van der Waals surface area contributed by atoms with E-state index >= 15 is 0 Å². The smallest absolute Gasteiger partial charge is 0.305 e. The van der Waals surface area contributed by atoms with Gasteiger partial charge in [-0.05, 0) is 24.2 Å². The third-order valence-electron chi connectivity index (χ3n) is 7.11. The van der Waals surface area contributed by atoms with Crippen molar-refractivity contribution in [3.8, 4) is 0 Å². The molecule has 0 spiro atoms. The molecule has 0 saturated heterocycles. The number of carboxylic acids is 1. The Morgan fingerprint density at radius 1 is 0.786 bits per heavy atom. The van der Waals surface area contributed by atoms with E-state index in [1.54, 1.807) is 20.8 Å². The van der Waals surface area contributed by atoms with Crippen LogP contribution in [-0.4, -0.2) is 87.0 Å². The van der Waals surface area contributed by atoms with Gasteiger partial charge in [-0.25, -0.2) is 5.06 Å². The first kappa shape index (κ1) is 38.2. The summed E-state index contributed by atoms with van der Waals surface area (Å²) in [5.41, 5.74) is 16.4. The first-order valence-corrected chi connectivity index (χ1v) is 13.9. The van der Waals surface area contributed by atoms with Gasteiger partial charge in [0, 0.05) is 6.42 Å². The number of nitrogens with two attached hydrogens (primary N) is 3. The first-order chi connectivity index (χ1) is 19.4. The van der Waals surface area contributed by atoms with E-state index < -0.39 is 103 Å². The first-order valence-electron chi connectivity index (χ1n) is 13.9. The number of carbonyl (C=O) groups excluding carboxylic acids is 6.